The second-order valence-electron chi connectivity index (χ2n) is 16.0. The summed E-state index contributed by atoms with van der Waals surface area (Å²) in [6, 6.07) is 6.95. The van der Waals surface area contributed by atoms with Crippen LogP contribution in [0.15, 0.2) is 42.0 Å². The van der Waals surface area contributed by atoms with Crippen LogP contribution in [-0.2, 0) is 43.1 Å². The minimum absolute atomic E-state index is 0.0813. The van der Waals surface area contributed by atoms with E-state index in [0.29, 0.717) is 18.9 Å². The van der Waals surface area contributed by atoms with E-state index in [1.807, 2.05) is 24.6 Å². The summed E-state index contributed by atoms with van der Waals surface area (Å²) < 4.78 is 14.2. The molecule has 0 aromatic carbocycles. The average Bonchev–Trinajstić information content (AvgIpc) is 4.01. The highest BCUT2D eigenvalue weighted by Gasteiger charge is 2.53. The molecule has 4 aromatic heterocycles. The molecule has 2 N–H and O–H groups in total. The summed E-state index contributed by atoms with van der Waals surface area (Å²) >= 11 is 1.49. The largest absolute Gasteiger partial charge is 0.464 e. The number of hydrogen-bond donors (Lipinski definition) is 2. The maximum absolute atomic E-state index is 14.2. The van der Waals surface area contributed by atoms with Crippen LogP contribution in [0, 0.1) is 29.1 Å². The Bertz CT molecular complexity index is 2050. The highest BCUT2D eigenvalue weighted by molar-refractivity contribution is 7.10. The van der Waals surface area contributed by atoms with Crippen LogP contribution < -0.4 is 10.7 Å². The number of nitrogens with zero attached hydrogens (tertiary/aromatic N) is 4. The molecule has 0 radical (unpaired) electrons. The summed E-state index contributed by atoms with van der Waals surface area (Å²) in [6.07, 6.45) is 7.07. The lowest BCUT2D eigenvalue weighted by atomic mass is 9.83. The molecule has 4 aromatic rings. The molecule has 3 fully saturated rings. The molecular weight excluding hydrogens is 677 g/mol. The normalized spacial score (nSPS) is 27.4. The van der Waals surface area contributed by atoms with Crippen molar-refractivity contribution in [3.8, 4) is 22.4 Å². The Morgan fingerprint density at radius 1 is 1.25 bits per heavy atom. The lowest BCUT2D eigenvalue weighted by Crippen LogP contribution is -2.61. The number of aromatic nitrogens is 3. The van der Waals surface area contributed by atoms with E-state index >= 15 is 0 Å². The van der Waals surface area contributed by atoms with Crippen LogP contribution in [0.3, 0.4) is 0 Å². The highest BCUT2D eigenvalue weighted by atomic mass is 32.1. The summed E-state index contributed by atoms with van der Waals surface area (Å²) in [5, 5.41) is 7.41. The quantitative estimate of drug-likeness (QED) is 0.248. The number of hydrazine groups is 1. The fraction of sp³-hybridized carbons (Fsp3) is 0.525. The topological polar surface area (TPSA) is 127 Å². The van der Waals surface area contributed by atoms with Gasteiger partial charge in [0.15, 0.2) is 0 Å². The lowest BCUT2D eigenvalue weighted by molar-refractivity contribution is -0.156. The van der Waals surface area contributed by atoms with Gasteiger partial charge in [-0.2, -0.15) is 0 Å². The van der Waals surface area contributed by atoms with Crippen LogP contribution >= 0.6 is 11.3 Å². The molecule has 2 aliphatic carbocycles. The summed E-state index contributed by atoms with van der Waals surface area (Å²) in [4.78, 5) is 51.0. The van der Waals surface area contributed by atoms with E-state index in [0.717, 1.165) is 63.4 Å². The Balaban J connectivity index is 1.25. The first-order chi connectivity index (χ1) is 25.0. The molecule has 2 unspecified atom stereocenters. The maximum Gasteiger partial charge on any atom is 0.325 e. The van der Waals surface area contributed by atoms with Gasteiger partial charge in [0, 0.05) is 77.1 Å². The van der Waals surface area contributed by atoms with Crippen molar-refractivity contribution in [2.75, 3.05) is 20.3 Å². The van der Waals surface area contributed by atoms with Crippen molar-refractivity contribution in [1.29, 1.82) is 0 Å². The van der Waals surface area contributed by atoms with Crippen molar-refractivity contribution in [2.24, 2.45) is 29.1 Å². The first kappa shape index (κ1) is 34.9. The zero-order chi connectivity index (χ0) is 36.5. The van der Waals surface area contributed by atoms with E-state index in [4.69, 9.17) is 19.4 Å². The third-order valence-electron chi connectivity index (χ3n) is 11.5. The molecule has 2 saturated carbocycles. The van der Waals surface area contributed by atoms with Crippen molar-refractivity contribution < 1.29 is 23.9 Å². The van der Waals surface area contributed by atoms with Crippen molar-refractivity contribution in [1.82, 2.24) is 30.1 Å². The summed E-state index contributed by atoms with van der Waals surface area (Å²) in [5.41, 5.74) is 11.0. The van der Waals surface area contributed by atoms with Crippen LogP contribution in [0.2, 0.25) is 0 Å². The number of ether oxygens (including phenoxy) is 2. The SMILES string of the molecule is CCc1c(-c2cccnc2[C@H](C)OC)c2c3cc(ccn13)-c1csc(n1)C[C@H](NC(=O)[C@H]1C[C@@H]1C)C(=O)N1CC3CC3[C@H](N1)C(=O)OCC(C)(C)C2. The molecule has 8 rings (SSSR count). The number of thiazole rings is 1. The predicted molar refractivity (Wildman–Crippen MR) is 198 cm³/mol. The monoisotopic (exact) mass is 724 g/mol. The zero-order valence-corrected chi connectivity index (χ0v) is 31.6. The van der Waals surface area contributed by atoms with Gasteiger partial charge in [0.2, 0.25) is 5.91 Å². The molecular formula is C40H48N6O5S. The van der Waals surface area contributed by atoms with E-state index in [1.165, 1.54) is 17.0 Å². The number of carbonyl (C=O) groups excluding carboxylic acids is 3. The number of amides is 2. The number of methoxy groups -OCH3 is 1. The van der Waals surface area contributed by atoms with Crippen LogP contribution in [0.1, 0.15) is 75.5 Å². The highest BCUT2D eigenvalue weighted by Crippen LogP contribution is 2.46. The molecule has 0 spiro atoms. The number of pyridine rings is 2. The van der Waals surface area contributed by atoms with Crippen molar-refractivity contribution in [3.63, 3.8) is 0 Å². The number of nitrogens with one attached hydrogen (secondary N) is 2. The van der Waals surface area contributed by atoms with Crippen molar-refractivity contribution in [3.05, 3.63) is 64.0 Å². The first-order valence-electron chi connectivity index (χ1n) is 18.6. The second kappa shape index (κ2) is 13.4. The van der Waals surface area contributed by atoms with Gasteiger partial charge in [-0.05, 0) is 74.1 Å². The zero-order valence-electron chi connectivity index (χ0n) is 30.8. The van der Waals surface area contributed by atoms with Gasteiger partial charge in [-0.1, -0.05) is 33.8 Å². The summed E-state index contributed by atoms with van der Waals surface area (Å²) in [5.74, 6) is -0.147. The van der Waals surface area contributed by atoms with Crippen LogP contribution in [0.25, 0.3) is 27.9 Å². The van der Waals surface area contributed by atoms with Crippen molar-refractivity contribution in [2.45, 2.75) is 84.9 Å². The Kier molecular flexibility index (Phi) is 8.98. The van der Waals surface area contributed by atoms with E-state index in [9.17, 15) is 14.4 Å². The number of cyclic esters (lactones) is 1. The summed E-state index contributed by atoms with van der Waals surface area (Å²) in [7, 11) is 1.70. The Morgan fingerprint density at radius 2 is 2.06 bits per heavy atom. The Morgan fingerprint density at radius 3 is 2.81 bits per heavy atom. The standard InChI is InChI=1S/C40H48N6O5S/c1-7-31-34(25-9-8-11-41-35(25)22(3)50-6)28-17-40(4,5)20-51-39(49)36-27-14-24(27)18-46(44-36)38(48)29(43-37(47)26-13-21(26)2)16-33-42-30(19-52-33)23-10-12-45(31)32(28)15-23/h8-12,15,19,21-22,24,26-27,29,36,44H,7,13-14,16-18,20H2,1-6H3,(H,43,47)/t21-,22-,24?,26-,27?,29-,36-/m0/s1. The number of fused-ring (bicyclic) bond motifs is 8. The maximum atomic E-state index is 14.2. The van der Waals surface area contributed by atoms with E-state index in [2.05, 4.69) is 67.2 Å². The van der Waals surface area contributed by atoms with Gasteiger partial charge in [-0.15, -0.1) is 11.3 Å². The number of esters is 1. The van der Waals surface area contributed by atoms with Gasteiger partial charge < -0.3 is 19.2 Å². The molecule has 4 aliphatic rings. The van der Waals surface area contributed by atoms with Gasteiger partial charge >= 0.3 is 5.97 Å². The van der Waals surface area contributed by atoms with Gasteiger partial charge in [-0.25, -0.2) is 10.4 Å². The molecule has 12 heteroatoms. The number of carbonyl (C=O) groups is 3. The fourth-order valence-corrected chi connectivity index (χ4v) is 9.08. The Labute approximate surface area is 308 Å². The molecule has 1 saturated heterocycles. The van der Waals surface area contributed by atoms with E-state index in [-0.39, 0.29) is 54.7 Å². The number of aryl methyl sites for hydroxylation is 1. The van der Waals surface area contributed by atoms with Gasteiger partial charge in [-0.3, -0.25) is 24.4 Å². The number of hydrogen-bond acceptors (Lipinski definition) is 9. The van der Waals surface area contributed by atoms with Crippen LogP contribution in [0.5, 0.6) is 0 Å². The molecule has 52 heavy (non-hydrogen) atoms. The molecule has 6 heterocycles. The first-order valence-corrected chi connectivity index (χ1v) is 19.5. The second-order valence-corrected chi connectivity index (χ2v) is 17.0. The predicted octanol–water partition coefficient (Wildman–Crippen LogP) is 5.55. The van der Waals surface area contributed by atoms with Gasteiger partial charge in [0.25, 0.3) is 5.91 Å². The van der Waals surface area contributed by atoms with Gasteiger partial charge in [0.05, 0.1) is 29.1 Å². The number of rotatable bonds is 6. The lowest BCUT2D eigenvalue weighted by Gasteiger charge is -2.35. The molecule has 6 bridgehead atoms. The molecule has 2 amide bonds. The molecule has 11 nitrogen and oxygen atoms in total. The average molecular weight is 725 g/mol. The van der Waals surface area contributed by atoms with E-state index in [1.54, 1.807) is 12.1 Å². The fourth-order valence-electron chi connectivity index (χ4n) is 8.23. The molecule has 274 valence electrons. The van der Waals surface area contributed by atoms with Crippen molar-refractivity contribution >= 4 is 34.6 Å². The Hall–Kier alpha value is -4.13. The molecule has 7 atom stereocenters. The third-order valence-corrected chi connectivity index (χ3v) is 12.4. The third kappa shape index (κ3) is 6.43. The summed E-state index contributed by atoms with van der Waals surface area (Å²) in [6.45, 7) is 11.2. The molecule has 2 aliphatic heterocycles. The van der Waals surface area contributed by atoms with E-state index < -0.39 is 17.5 Å². The van der Waals surface area contributed by atoms with Crippen LogP contribution in [0.4, 0.5) is 0 Å². The smallest absolute Gasteiger partial charge is 0.325 e. The minimum atomic E-state index is -0.811. The van der Waals surface area contributed by atoms with Crippen LogP contribution in [-0.4, -0.2) is 69.5 Å². The minimum Gasteiger partial charge on any atom is -0.464 e. The van der Waals surface area contributed by atoms with Gasteiger partial charge in [0.1, 0.15) is 12.1 Å².